The summed E-state index contributed by atoms with van der Waals surface area (Å²) in [5.74, 6) is 0.0549. The maximum absolute atomic E-state index is 15.6. The molecule has 30 heavy (non-hydrogen) atoms. The van der Waals surface area contributed by atoms with Gasteiger partial charge in [-0.15, -0.1) is 11.8 Å². The lowest BCUT2D eigenvalue weighted by Gasteiger charge is -2.32. The van der Waals surface area contributed by atoms with Gasteiger partial charge in [-0.05, 0) is 59.4 Å². The van der Waals surface area contributed by atoms with E-state index in [-0.39, 0.29) is 23.0 Å². The highest BCUT2D eigenvalue weighted by Gasteiger charge is 2.25. The van der Waals surface area contributed by atoms with Crippen molar-refractivity contribution in [3.8, 4) is 0 Å². The molecule has 0 aliphatic carbocycles. The monoisotopic (exact) mass is 432 g/mol. The first-order valence-electron chi connectivity index (χ1n) is 10.4. The molecule has 162 valence electrons. The van der Waals surface area contributed by atoms with Crippen LogP contribution >= 0.6 is 11.8 Å². The SMILES string of the molecule is CCSc1c(F)c(N2CCc3cc(F)ccc3C2)cc(C)c1NC(=O)CC(C)(C)C. The minimum absolute atomic E-state index is 0.107. The van der Waals surface area contributed by atoms with E-state index in [9.17, 15) is 9.18 Å². The molecule has 2 aromatic carbocycles. The number of hydrogen-bond acceptors (Lipinski definition) is 3. The van der Waals surface area contributed by atoms with Crippen LogP contribution in [0.4, 0.5) is 20.2 Å². The van der Waals surface area contributed by atoms with E-state index in [1.54, 1.807) is 12.1 Å². The average molecular weight is 433 g/mol. The van der Waals surface area contributed by atoms with Crippen molar-refractivity contribution in [2.45, 2.75) is 58.9 Å². The Balaban J connectivity index is 1.93. The molecule has 3 nitrogen and oxygen atoms in total. The van der Waals surface area contributed by atoms with Gasteiger partial charge in [0.1, 0.15) is 5.82 Å². The van der Waals surface area contributed by atoms with Gasteiger partial charge in [0.25, 0.3) is 0 Å². The average Bonchev–Trinajstić information content (AvgIpc) is 2.65. The molecule has 0 spiro atoms. The van der Waals surface area contributed by atoms with Crippen LogP contribution in [-0.4, -0.2) is 18.2 Å². The summed E-state index contributed by atoms with van der Waals surface area (Å²) < 4.78 is 29.1. The highest BCUT2D eigenvalue weighted by atomic mass is 32.2. The van der Waals surface area contributed by atoms with Crippen molar-refractivity contribution in [1.29, 1.82) is 0 Å². The maximum atomic E-state index is 15.6. The highest BCUT2D eigenvalue weighted by Crippen LogP contribution is 2.40. The van der Waals surface area contributed by atoms with Crippen molar-refractivity contribution in [1.82, 2.24) is 0 Å². The van der Waals surface area contributed by atoms with Crippen LogP contribution in [0.25, 0.3) is 0 Å². The third kappa shape index (κ3) is 5.15. The number of anilines is 2. The van der Waals surface area contributed by atoms with Gasteiger partial charge in [-0.3, -0.25) is 4.79 Å². The normalized spacial score (nSPS) is 13.9. The molecule has 1 amide bonds. The molecule has 0 radical (unpaired) electrons. The second-order valence-electron chi connectivity index (χ2n) is 9.03. The summed E-state index contributed by atoms with van der Waals surface area (Å²) >= 11 is 1.40. The quantitative estimate of drug-likeness (QED) is 0.561. The third-order valence-corrected chi connectivity index (χ3v) is 6.12. The molecule has 6 heteroatoms. The number of nitrogens with one attached hydrogen (secondary N) is 1. The van der Waals surface area contributed by atoms with Crippen LogP contribution in [-0.2, 0) is 17.8 Å². The minimum atomic E-state index is -0.302. The summed E-state index contributed by atoms with van der Waals surface area (Å²) in [7, 11) is 0. The Kier molecular flexibility index (Phi) is 6.75. The van der Waals surface area contributed by atoms with Crippen molar-refractivity contribution in [3.05, 3.63) is 52.6 Å². The molecule has 0 aromatic heterocycles. The summed E-state index contributed by atoms with van der Waals surface area (Å²) in [4.78, 5) is 15.0. The Bertz CT molecular complexity index is 953. The first-order chi connectivity index (χ1) is 14.1. The number of aryl methyl sites for hydroxylation is 1. The molecule has 2 aromatic rings. The Morgan fingerprint density at radius 1 is 1.20 bits per heavy atom. The van der Waals surface area contributed by atoms with Gasteiger partial charge in [-0.25, -0.2) is 8.78 Å². The summed E-state index contributed by atoms with van der Waals surface area (Å²) in [5.41, 5.74) is 3.80. The second kappa shape index (κ2) is 8.96. The fourth-order valence-electron chi connectivity index (χ4n) is 3.80. The lowest BCUT2D eigenvalue weighted by molar-refractivity contribution is -0.117. The zero-order chi connectivity index (χ0) is 22.1. The summed E-state index contributed by atoms with van der Waals surface area (Å²) in [6, 6.07) is 6.62. The molecule has 1 N–H and O–H groups in total. The van der Waals surface area contributed by atoms with E-state index < -0.39 is 0 Å². The molecule has 0 saturated heterocycles. The van der Waals surface area contributed by atoms with Crippen molar-refractivity contribution in [2.24, 2.45) is 5.41 Å². The van der Waals surface area contributed by atoms with E-state index in [4.69, 9.17) is 0 Å². The topological polar surface area (TPSA) is 32.3 Å². The Morgan fingerprint density at radius 3 is 2.60 bits per heavy atom. The van der Waals surface area contributed by atoms with Crippen LogP contribution in [0.2, 0.25) is 0 Å². The molecule has 0 unspecified atom stereocenters. The number of hydrogen-bond donors (Lipinski definition) is 1. The number of benzene rings is 2. The number of carbonyl (C=O) groups is 1. The van der Waals surface area contributed by atoms with Crippen LogP contribution in [0.3, 0.4) is 0 Å². The van der Waals surface area contributed by atoms with Crippen molar-refractivity contribution in [3.63, 3.8) is 0 Å². The number of carbonyl (C=O) groups excluding carboxylic acids is 1. The molecule has 1 aliphatic rings. The van der Waals surface area contributed by atoms with Gasteiger partial charge in [-0.2, -0.15) is 0 Å². The number of rotatable bonds is 5. The van der Waals surface area contributed by atoms with E-state index >= 15 is 4.39 Å². The fourth-order valence-corrected chi connectivity index (χ4v) is 4.68. The molecule has 0 atom stereocenters. The predicted molar refractivity (Wildman–Crippen MR) is 121 cm³/mol. The summed E-state index contributed by atoms with van der Waals surface area (Å²) in [6.07, 6.45) is 1.04. The van der Waals surface area contributed by atoms with Crippen LogP contribution in [0, 0.1) is 24.0 Å². The van der Waals surface area contributed by atoms with Gasteiger partial charge >= 0.3 is 0 Å². The van der Waals surface area contributed by atoms with E-state index in [2.05, 4.69) is 5.32 Å². The molecule has 0 bridgehead atoms. The molecular weight excluding hydrogens is 402 g/mol. The number of halogens is 2. The minimum Gasteiger partial charge on any atom is -0.364 e. The summed E-state index contributed by atoms with van der Waals surface area (Å²) in [5, 5.41) is 2.95. The van der Waals surface area contributed by atoms with Crippen molar-refractivity contribution in [2.75, 3.05) is 22.5 Å². The highest BCUT2D eigenvalue weighted by molar-refractivity contribution is 7.99. The number of thioether (sulfide) groups is 1. The van der Waals surface area contributed by atoms with Gasteiger partial charge in [0.05, 0.1) is 16.3 Å². The molecule has 1 heterocycles. The maximum Gasteiger partial charge on any atom is 0.224 e. The Morgan fingerprint density at radius 2 is 1.93 bits per heavy atom. The van der Waals surface area contributed by atoms with Crippen LogP contribution in [0.15, 0.2) is 29.2 Å². The van der Waals surface area contributed by atoms with E-state index in [0.29, 0.717) is 48.0 Å². The Labute approximate surface area is 182 Å². The van der Waals surface area contributed by atoms with Crippen LogP contribution < -0.4 is 10.2 Å². The lowest BCUT2D eigenvalue weighted by atomic mass is 9.92. The molecule has 1 aliphatic heterocycles. The zero-order valence-electron chi connectivity index (χ0n) is 18.4. The standard InChI is InChI=1S/C24H30F2N2OS/c1-6-30-23-21(26)19(11-15(2)22(23)27-20(29)13-24(3,4)5)28-10-9-16-12-18(25)8-7-17(16)14-28/h7-8,11-12H,6,9-10,13-14H2,1-5H3,(H,27,29). The smallest absolute Gasteiger partial charge is 0.224 e. The lowest BCUT2D eigenvalue weighted by Crippen LogP contribution is -2.31. The molecule has 0 fully saturated rings. The second-order valence-corrected chi connectivity index (χ2v) is 10.3. The van der Waals surface area contributed by atoms with E-state index in [0.717, 1.165) is 16.7 Å². The zero-order valence-corrected chi connectivity index (χ0v) is 19.2. The van der Waals surface area contributed by atoms with Crippen LogP contribution in [0.1, 0.15) is 50.8 Å². The number of fused-ring (bicyclic) bond motifs is 1. The molecular formula is C24H30F2N2OS. The van der Waals surface area contributed by atoms with Gasteiger partial charge in [-0.1, -0.05) is 33.8 Å². The van der Waals surface area contributed by atoms with Crippen LogP contribution in [0.5, 0.6) is 0 Å². The van der Waals surface area contributed by atoms with Crippen molar-refractivity contribution < 1.29 is 13.6 Å². The Hall–Kier alpha value is -2.08. The van der Waals surface area contributed by atoms with Gasteiger partial charge in [0, 0.05) is 19.5 Å². The van der Waals surface area contributed by atoms with Gasteiger partial charge in [0.15, 0.2) is 5.82 Å². The molecule has 0 saturated carbocycles. The fraction of sp³-hybridized carbons (Fsp3) is 0.458. The van der Waals surface area contributed by atoms with Gasteiger partial charge in [0.2, 0.25) is 5.91 Å². The first kappa shape index (κ1) is 22.6. The van der Waals surface area contributed by atoms with E-state index in [1.165, 1.54) is 17.8 Å². The summed E-state index contributed by atoms with van der Waals surface area (Å²) in [6.45, 7) is 11.1. The van der Waals surface area contributed by atoms with Crippen molar-refractivity contribution >= 4 is 29.0 Å². The predicted octanol–water partition coefficient (Wildman–Crippen LogP) is 6.32. The van der Waals surface area contributed by atoms with Gasteiger partial charge < -0.3 is 10.2 Å². The first-order valence-corrected chi connectivity index (χ1v) is 11.4. The number of amides is 1. The largest absolute Gasteiger partial charge is 0.364 e. The molecule has 3 rings (SSSR count). The van der Waals surface area contributed by atoms with E-state index in [1.807, 2.05) is 45.6 Å². The third-order valence-electron chi connectivity index (χ3n) is 5.16. The number of nitrogens with zero attached hydrogens (tertiary/aromatic N) is 1.